The summed E-state index contributed by atoms with van der Waals surface area (Å²) in [6.45, 7) is 2.86. The van der Waals surface area contributed by atoms with Crippen LogP contribution in [0.5, 0.6) is 0 Å². The lowest BCUT2D eigenvalue weighted by atomic mass is 10.1. The summed E-state index contributed by atoms with van der Waals surface area (Å²) in [6.07, 6.45) is -2.72. The van der Waals surface area contributed by atoms with Gasteiger partial charge in [0.05, 0.1) is 12.2 Å². The van der Waals surface area contributed by atoms with Gasteiger partial charge in [0.2, 0.25) is 0 Å². The molecule has 0 spiro atoms. The Hall–Kier alpha value is -0.120. The van der Waals surface area contributed by atoms with E-state index in [1.807, 2.05) is 0 Å². The average Bonchev–Trinajstić information content (AvgIpc) is 1.64. The van der Waals surface area contributed by atoms with Gasteiger partial charge in [-0.25, -0.2) is 0 Å². The van der Waals surface area contributed by atoms with Gasteiger partial charge in [0.25, 0.3) is 0 Å². The fourth-order valence-corrected chi connectivity index (χ4v) is 0.403. The van der Waals surface area contributed by atoms with E-state index in [1.54, 1.807) is 0 Å². The van der Waals surface area contributed by atoms with Crippen molar-refractivity contribution in [3.8, 4) is 0 Å². The van der Waals surface area contributed by atoms with Gasteiger partial charge in [-0.15, -0.1) is 0 Å². The topological polar surface area (TPSA) is 60.7 Å². The Morgan fingerprint density at radius 1 is 0.875 bits per heavy atom. The summed E-state index contributed by atoms with van der Waals surface area (Å²) in [4.78, 5) is 0. The molecule has 0 aromatic heterocycles. The molecule has 8 heavy (non-hydrogen) atoms. The normalized spacial score (nSPS) is 22.1. The van der Waals surface area contributed by atoms with E-state index < -0.39 is 18.3 Å². The first kappa shape index (κ1) is 7.88. The van der Waals surface area contributed by atoms with Gasteiger partial charge in [0, 0.05) is 0 Å². The predicted molar refractivity (Wildman–Crippen MR) is 29.4 cm³/mol. The van der Waals surface area contributed by atoms with Crippen LogP contribution in [-0.4, -0.2) is 33.6 Å². The van der Waals surface area contributed by atoms with E-state index in [4.69, 9.17) is 15.3 Å². The van der Waals surface area contributed by atoms with Crippen LogP contribution in [0.1, 0.15) is 13.8 Å². The Labute approximate surface area is 48.6 Å². The van der Waals surface area contributed by atoms with Crippen LogP contribution in [0.4, 0.5) is 0 Å². The zero-order valence-electron chi connectivity index (χ0n) is 5.07. The Balaban J connectivity index is 3.46. The lowest BCUT2D eigenvalue weighted by Crippen LogP contribution is -2.33. The Kier molecular flexibility index (Phi) is 2.97. The minimum Gasteiger partial charge on any atom is -0.391 e. The van der Waals surface area contributed by atoms with Crippen molar-refractivity contribution in [3.63, 3.8) is 0 Å². The highest BCUT2D eigenvalue weighted by Gasteiger charge is 2.15. The Bertz CT molecular complexity index is 52.7. The molecule has 50 valence electrons. The average molecular weight is 120 g/mol. The van der Waals surface area contributed by atoms with Gasteiger partial charge in [0.15, 0.2) is 0 Å². The van der Waals surface area contributed by atoms with Crippen LogP contribution in [0.3, 0.4) is 0 Å². The van der Waals surface area contributed by atoms with Crippen LogP contribution in [-0.2, 0) is 0 Å². The van der Waals surface area contributed by atoms with Gasteiger partial charge < -0.3 is 15.3 Å². The fourth-order valence-electron chi connectivity index (χ4n) is 0.403. The summed E-state index contributed by atoms with van der Waals surface area (Å²) in [5.41, 5.74) is 0. The van der Waals surface area contributed by atoms with Crippen molar-refractivity contribution in [1.29, 1.82) is 0 Å². The van der Waals surface area contributed by atoms with Gasteiger partial charge in [-0.2, -0.15) is 0 Å². The van der Waals surface area contributed by atoms with Gasteiger partial charge in [-0.1, -0.05) is 0 Å². The van der Waals surface area contributed by atoms with E-state index in [1.165, 1.54) is 13.8 Å². The lowest BCUT2D eigenvalue weighted by molar-refractivity contribution is -0.0438. The Morgan fingerprint density at radius 3 is 1.12 bits per heavy atom. The minimum atomic E-state index is -1.02. The van der Waals surface area contributed by atoms with Gasteiger partial charge >= 0.3 is 0 Å². The van der Waals surface area contributed by atoms with E-state index in [2.05, 4.69) is 0 Å². The third-order valence-corrected chi connectivity index (χ3v) is 0.989. The van der Waals surface area contributed by atoms with E-state index in [0.717, 1.165) is 0 Å². The van der Waals surface area contributed by atoms with Gasteiger partial charge in [-0.3, -0.25) is 0 Å². The smallest absolute Gasteiger partial charge is 0.105 e. The fraction of sp³-hybridized carbons (Fsp3) is 1.00. The van der Waals surface area contributed by atoms with Crippen molar-refractivity contribution in [2.45, 2.75) is 32.2 Å². The predicted octanol–water partition coefficient (Wildman–Crippen LogP) is -0.891. The molecule has 0 aliphatic carbocycles. The molecule has 0 heterocycles. The highest BCUT2D eigenvalue weighted by atomic mass is 16.4. The van der Waals surface area contributed by atoms with E-state index in [-0.39, 0.29) is 0 Å². The van der Waals surface area contributed by atoms with Crippen LogP contribution in [0.2, 0.25) is 0 Å². The number of hydrogen-bond acceptors (Lipinski definition) is 3. The maximum Gasteiger partial charge on any atom is 0.105 e. The van der Waals surface area contributed by atoms with Crippen LogP contribution in [0.15, 0.2) is 0 Å². The first-order chi connectivity index (χ1) is 3.55. The third kappa shape index (κ3) is 2.26. The van der Waals surface area contributed by atoms with Crippen LogP contribution in [0, 0.1) is 0 Å². The molecule has 0 fully saturated rings. The van der Waals surface area contributed by atoms with Crippen molar-refractivity contribution in [1.82, 2.24) is 0 Å². The number of hydrogen-bond donors (Lipinski definition) is 3. The summed E-state index contributed by atoms with van der Waals surface area (Å²) in [5.74, 6) is 0. The molecule has 0 rings (SSSR count). The van der Waals surface area contributed by atoms with Gasteiger partial charge in [-0.05, 0) is 13.8 Å². The summed E-state index contributed by atoms with van der Waals surface area (Å²) < 4.78 is 0. The quantitative estimate of drug-likeness (QED) is 0.443. The summed E-state index contributed by atoms with van der Waals surface area (Å²) >= 11 is 0. The second-order valence-corrected chi connectivity index (χ2v) is 1.97. The first-order valence-electron chi connectivity index (χ1n) is 2.60. The molecule has 0 aromatic carbocycles. The standard InChI is InChI=1S/C5H12O3/c1-3(6)5(8)4(2)7/h3-8H,1-2H3/t3-,4?,5?/m1/s1. The third-order valence-electron chi connectivity index (χ3n) is 0.989. The second-order valence-electron chi connectivity index (χ2n) is 1.97. The van der Waals surface area contributed by atoms with Gasteiger partial charge in [0.1, 0.15) is 6.10 Å². The molecule has 3 heteroatoms. The lowest BCUT2D eigenvalue weighted by Gasteiger charge is -2.15. The van der Waals surface area contributed by atoms with Crippen LogP contribution >= 0.6 is 0 Å². The Morgan fingerprint density at radius 2 is 1.12 bits per heavy atom. The monoisotopic (exact) mass is 120 g/mol. The largest absolute Gasteiger partial charge is 0.391 e. The zero-order valence-corrected chi connectivity index (χ0v) is 5.07. The molecule has 0 amide bonds. The molecule has 2 unspecified atom stereocenters. The molecule has 0 saturated carbocycles. The highest BCUT2D eigenvalue weighted by molar-refractivity contribution is 4.66. The number of rotatable bonds is 2. The second kappa shape index (κ2) is 3.02. The maximum absolute atomic E-state index is 8.70. The van der Waals surface area contributed by atoms with Crippen molar-refractivity contribution in [2.24, 2.45) is 0 Å². The van der Waals surface area contributed by atoms with Crippen molar-refractivity contribution in [2.75, 3.05) is 0 Å². The minimum absolute atomic E-state index is 0.852. The molecule has 0 aliphatic heterocycles. The van der Waals surface area contributed by atoms with E-state index >= 15 is 0 Å². The number of aliphatic hydroxyl groups is 3. The summed E-state index contributed by atoms with van der Waals surface area (Å²) in [5, 5.41) is 25.9. The van der Waals surface area contributed by atoms with E-state index in [9.17, 15) is 0 Å². The molecular formula is C5H12O3. The molecule has 3 N–H and O–H groups in total. The molecule has 0 aliphatic rings. The van der Waals surface area contributed by atoms with Crippen molar-refractivity contribution >= 4 is 0 Å². The van der Waals surface area contributed by atoms with E-state index in [0.29, 0.717) is 0 Å². The first-order valence-corrected chi connectivity index (χ1v) is 2.60. The molecule has 3 nitrogen and oxygen atoms in total. The molecular weight excluding hydrogens is 108 g/mol. The highest BCUT2D eigenvalue weighted by Crippen LogP contribution is 1.96. The van der Waals surface area contributed by atoms with Crippen LogP contribution < -0.4 is 0 Å². The van der Waals surface area contributed by atoms with Crippen molar-refractivity contribution in [3.05, 3.63) is 0 Å². The van der Waals surface area contributed by atoms with Crippen LogP contribution in [0.25, 0.3) is 0 Å². The molecule has 3 atom stereocenters. The molecule has 0 radical (unpaired) electrons. The van der Waals surface area contributed by atoms with Crippen molar-refractivity contribution < 1.29 is 15.3 Å². The maximum atomic E-state index is 8.70. The molecule has 0 bridgehead atoms. The SMILES string of the molecule is CC(O)C(O)[C@@H](C)O. The summed E-state index contributed by atoms with van der Waals surface area (Å²) in [6, 6.07) is 0. The number of aliphatic hydroxyl groups excluding tert-OH is 3. The summed E-state index contributed by atoms with van der Waals surface area (Å²) in [7, 11) is 0. The molecule has 0 saturated heterocycles. The molecule has 0 aromatic rings. The zero-order chi connectivity index (χ0) is 6.73.